The number of carbonyl (C=O) groups is 2. The van der Waals surface area contributed by atoms with Crippen molar-refractivity contribution >= 4 is 11.7 Å². The maximum absolute atomic E-state index is 12.6. The lowest BCUT2D eigenvalue weighted by molar-refractivity contribution is -0.243. The largest absolute Gasteiger partial charge is 0.458 e. The highest BCUT2D eigenvalue weighted by molar-refractivity contribution is 5.94. The molecule has 2 saturated heterocycles. The second kappa shape index (κ2) is 10.3. The number of aliphatic hydroxyl groups is 3. The smallest absolute Gasteiger partial charge is 0.330 e. The van der Waals surface area contributed by atoms with Gasteiger partial charge in [-0.05, 0) is 18.9 Å². The monoisotopic (exact) mass is 539 g/mol. The van der Waals surface area contributed by atoms with E-state index in [1.54, 1.807) is 0 Å². The van der Waals surface area contributed by atoms with Gasteiger partial charge in [-0.2, -0.15) is 0 Å². The average Bonchev–Trinajstić information content (AvgIpc) is 3.58. The molecule has 5 rings (SSSR count). The molecule has 4 heterocycles. The minimum absolute atomic E-state index is 0.246. The highest BCUT2D eigenvalue weighted by atomic mass is 16.8. The number of nitrogens with zero attached hydrogens (tertiary/aromatic N) is 1. The molecule has 1 saturated carbocycles. The zero-order valence-electron chi connectivity index (χ0n) is 20.1. The van der Waals surface area contributed by atoms with Crippen LogP contribution in [0.5, 0.6) is 0 Å². The second-order valence-electron chi connectivity index (χ2n) is 9.69. The number of fused-ring (bicyclic) bond motifs is 1. The lowest BCUT2D eigenvalue weighted by Crippen LogP contribution is -2.52. The van der Waals surface area contributed by atoms with Gasteiger partial charge in [0.2, 0.25) is 18.0 Å². The number of aromatic nitrogens is 2. The summed E-state index contributed by atoms with van der Waals surface area (Å²) in [4.78, 5) is 50.6. The van der Waals surface area contributed by atoms with E-state index in [-0.39, 0.29) is 5.76 Å². The minimum Gasteiger partial charge on any atom is -0.458 e. The molecule has 6 N–H and O–H groups in total. The van der Waals surface area contributed by atoms with Crippen molar-refractivity contribution in [1.82, 2.24) is 9.55 Å². The summed E-state index contributed by atoms with van der Waals surface area (Å²) in [5, 5.41) is 30.2. The molecule has 3 aliphatic heterocycles. The Morgan fingerprint density at radius 3 is 2.61 bits per heavy atom. The van der Waals surface area contributed by atoms with Crippen LogP contribution in [-0.4, -0.2) is 92.4 Å². The number of rotatable bonds is 8. The molecule has 3 fully saturated rings. The van der Waals surface area contributed by atoms with Crippen LogP contribution in [0.25, 0.3) is 0 Å². The second-order valence-corrected chi connectivity index (χ2v) is 9.69. The molecule has 1 amide bonds. The topological polar surface area (TPSA) is 222 Å². The molecule has 8 atom stereocenters. The number of hydrogen-bond acceptors (Lipinski definition) is 12. The number of nitrogens with one attached hydrogen (secondary N) is 1. The van der Waals surface area contributed by atoms with Gasteiger partial charge in [0.1, 0.15) is 24.9 Å². The molecule has 0 unspecified atom stereocenters. The van der Waals surface area contributed by atoms with Crippen LogP contribution in [-0.2, 0) is 33.3 Å². The summed E-state index contributed by atoms with van der Waals surface area (Å²) in [5.74, 6) is -4.10. The maximum atomic E-state index is 12.6. The van der Waals surface area contributed by atoms with Crippen LogP contribution in [0, 0.1) is 5.92 Å². The number of amides is 1. The fourth-order valence-electron chi connectivity index (χ4n) is 5.43. The molecule has 15 heteroatoms. The normalized spacial score (nSPS) is 34.5. The summed E-state index contributed by atoms with van der Waals surface area (Å²) < 4.78 is 30.6. The Morgan fingerprint density at radius 2 is 1.97 bits per heavy atom. The molecular formula is C23H29N3O12. The van der Waals surface area contributed by atoms with Gasteiger partial charge in [-0.1, -0.05) is 0 Å². The molecule has 38 heavy (non-hydrogen) atoms. The third-order valence-corrected chi connectivity index (χ3v) is 7.28. The van der Waals surface area contributed by atoms with Crippen LogP contribution in [0.15, 0.2) is 33.7 Å². The first-order chi connectivity index (χ1) is 18.2. The van der Waals surface area contributed by atoms with Gasteiger partial charge in [0.25, 0.3) is 5.56 Å². The number of ether oxygens (including phenoxy) is 5. The van der Waals surface area contributed by atoms with Crippen molar-refractivity contribution in [3.63, 3.8) is 0 Å². The summed E-state index contributed by atoms with van der Waals surface area (Å²) in [6, 6.07) is 1.04. The van der Waals surface area contributed by atoms with Crippen molar-refractivity contribution in [3.05, 3.63) is 44.9 Å². The molecule has 1 aromatic rings. The summed E-state index contributed by atoms with van der Waals surface area (Å²) >= 11 is 0. The number of primary amides is 1. The van der Waals surface area contributed by atoms with Gasteiger partial charge in [-0.25, -0.2) is 4.79 Å². The fraction of sp³-hybridized carbons (Fsp3) is 0.652. The molecular weight excluding hydrogens is 510 g/mol. The van der Waals surface area contributed by atoms with E-state index in [4.69, 9.17) is 29.4 Å². The lowest BCUT2D eigenvalue weighted by Gasteiger charge is -2.35. The van der Waals surface area contributed by atoms with E-state index >= 15 is 0 Å². The van der Waals surface area contributed by atoms with Crippen LogP contribution < -0.4 is 17.0 Å². The van der Waals surface area contributed by atoms with E-state index in [1.165, 1.54) is 6.08 Å². The van der Waals surface area contributed by atoms with Crippen molar-refractivity contribution in [1.29, 1.82) is 0 Å². The summed E-state index contributed by atoms with van der Waals surface area (Å²) in [5.41, 5.74) is 4.08. The van der Waals surface area contributed by atoms with Crippen molar-refractivity contribution in [3.8, 4) is 0 Å². The molecule has 15 nitrogen and oxygen atoms in total. The predicted molar refractivity (Wildman–Crippen MR) is 122 cm³/mol. The van der Waals surface area contributed by atoms with Crippen LogP contribution in [0.1, 0.15) is 31.9 Å². The molecule has 0 bridgehead atoms. The Labute approximate surface area is 214 Å². The maximum Gasteiger partial charge on any atom is 0.330 e. The Balaban J connectivity index is 1.43. The number of Topliss-reactive ketones (excluding diaryl/α,β-unsaturated/α-hetero) is 1. The van der Waals surface area contributed by atoms with Crippen LogP contribution >= 0.6 is 0 Å². The first-order valence-corrected chi connectivity index (χ1v) is 12.2. The van der Waals surface area contributed by atoms with Gasteiger partial charge >= 0.3 is 5.69 Å². The number of aromatic amines is 1. The zero-order chi connectivity index (χ0) is 27.2. The minimum atomic E-state index is -1.65. The van der Waals surface area contributed by atoms with Gasteiger partial charge in [0.05, 0.1) is 6.61 Å². The van der Waals surface area contributed by atoms with Gasteiger partial charge in [-0.15, -0.1) is 0 Å². The van der Waals surface area contributed by atoms with Gasteiger partial charge in [0.15, 0.2) is 30.0 Å². The van der Waals surface area contributed by atoms with E-state index in [1.807, 2.05) is 4.98 Å². The van der Waals surface area contributed by atoms with Gasteiger partial charge in [0, 0.05) is 31.0 Å². The summed E-state index contributed by atoms with van der Waals surface area (Å²) in [6.45, 7) is -1.52. The fourth-order valence-corrected chi connectivity index (χ4v) is 5.43. The quantitative estimate of drug-likeness (QED) is 0.225. The Hall–Kier alpha value is -2.92. The van der Waals surface area contributed by atoms with E-state index in [0.717, 1.165) is 29.7 Å². The van der Waals surface area contributed by atoms with E-state index in [0.29, 0.717) is 12.8 Å². The third kappa shape index (κ3) is 4.70. The number of nitrogens with two attached hydrogens (primary N) is 1. The van der Waals surface area contributed by atoms with Crippen LogP contribution in [0.3, 0.4) is 0 Å². The Bertz CT molecular complexity index is 1220. The predicted octanol–water partition coefficient (Wildman–Crippen LogP) is -2.87. The van der Waals surface area contributed by atoms with E-state index in [9.17, 15) is 34.5 Å². The first kappa shape index (κ1) is 26.7. The van der Waals surface area contributed by atoms with Gasteiger partial charge in [-0.3, -0.25) is 23.9 Å². The number of aliphatic hydroxyl groups excluding tert-OH is 3. The Morgan fingerprint density at radius 1 is 1.24 bits per heavy atom. The number of H-pyrrole nitrogens is 1. The van der Waals surface area contributed by atoms with Crippen molar-refractivity contribution in [2.24, 2.45) is 11.7 Å². The lowest BCUT2D eigenvalue weighted by atomic mass is 9.94. The molecule has 208 valence electrons. The number of hydrogen-bond donors (Lipinski definition) is 5. The van der Waals surface area contributed by atoms with Crippen LogP contribution in [0.2, 0.25) is 0 Å². The molecule has 0 radical (unpaired) electrons. The molecule has 4 aliphatic rings. The first-order valence-electron chi connectivity index (χ1n) is 12.2. The highest BCUT2D eigenvalue weighted by Crippen LogP contribution is 2.46. The Kier molecular flexibility index (Phi) is 7.25. The van der Waals surface area contributed by atoms with Gasteiger partial charge < -0.3 is 44.7 Å². The molecule has 0 aromatic carbocycles. The molecule has 1 aliphatic carbocycles. The standard InChI is InChI=1S/C23H29N3O12/c24-19(32)18(16-10(8-27)15(31)20(35-16)26-6-3-14(30)25-22(26)33)36-21-17-13(7-12(34-21)11(29)9-28)37-23(38-17)4-1-2-5-23/h3,6-7,10,13,15-18,20-21,27-28,31H,1-2,4-5,8-9H2,(H2,24,32)(H,25,30,33)/t10-,13-,15+,16-,17-,18+,20+,21+/m0/s1. The highest BCUT2D eigenvalue weighted by Gasteiger charge is 2.57. The number of ketones is 1. The zero-order valence-corrected chi connectivity index (χ0v) is 20.1. The van der Waals surface area contributed by atoms with Crippen molar-refractivity contribution < 1.29 is 48.6 Å². The third-order valence-electron chi connectivity index (χ3n) is 7.28. The summed E-state index contributed by atoms with van der Waals surface area (Å²) in [6.07, 6.45) is -3.63. The average molecular weight is 539 g/mol. The van der Waals surface area contributed by atoms with Crippen molar-refractivity contribution in [2.75, 3.05) is 13.2 Å². The van der Waals surface area contributed by atoms with E-state index in [2.05, 4.69) is 0 Å². The summed E-state index contributed by atoms with van der Waals surface area (Å²) in [7, 11) is 0. The molecule has 1 spiro atoms. The SMILES string of the molecule is NC(=O)[C@H](O[C@H]1OC(C(=O)CO)=C[C@@H]2OC3(CCCC3)O[C@H]12)[C@H]1O[C@@H](n2ccc(=O)[nH]c2=O)[C@H](O)[C@@H]1CO. The van der Waals surface area contributed by atoms with Crippen LogP contribution in [0.4, 0.5) is 0 Å². The number of carbonyl (C=O) groups excluding carboxylic acids is 2. The van der Waals surface area contributed by atoms with Crippen molar-refractivity contribution in [2.45, 2.75) is 74.5 Å². The van der Waals surface area contributed by atoms with E-state index < -0.39 is 90.9 Å². The molecule has 1 aromatic heterocycles.